The number of nitrogens with two attached hydrogens (primary N) is 1. The van der Waals surface area contributed by atoms with Crippen LogP contribution < -0.4 is 16.4 Å². The topological polar surface area (TPSA) is 123 Å². The first-order chi connectivity index (χ1) is 10.3. The third-order valence-electron chi connectivity index (χ3n) is 2.53. The lowest BCUT2D eigenvalue weighted by atomic mass is 10.1. The number of carbonyl (C=O) groups excluding carboxylic acids is 2. The molecule has 0 aromatic heterocycles. The lowest BCUT2D eigenvalue weighted by Gasteiger charge is -2.26. The summed E-state index contributed by atoms with van der Waals surface area (Å²) in [4.78, 5) is 23.2. The number of amides is 2. The Morgan fingerprint density at radius 1 is 1.04 bits per heavy atom. The van der Waals surface area contributed by atoms with Crippen LogP contribution in [0, 0.1) is 0 Å². The summed E-state index contributed by atoms with van der Waals surface area (Å²) in [5.41, 5.74) is 4.34. The van der Waals surface area contributed by atoms with Crippen molar-refractivity contribution in [2.24, 2.45) is 5.73 Å². The molecule has 0 spiro atoms. The Morgan fingerprint density at radius 3 is 1.96 bits per heavy atom. The molecule has 5 N–H and O–H groups in total. The molecule has 136 valence electrons. The second-order valence-corrected chi connectivity index (χ2v) is 7.27. The van der Waals surface area contributed by atoms with E-state index >= 15 is 0 Å². The molecule has 2 atom stereocenters. The maximum Gasteiger partial charge on any atom is 0.408 e. The van der Waals surface area contributed by atoms with E-state index in [-0.39, 0.29) is 19.5 Å². The predicted octanol–water partition coefficient (Wildman–Crippen LogP) is 1.11. The second kappa shape index (κ2) is 8.93. The van der Waals surface area contributed by atoms with Gasteiger partial charge >= 0.3 is 12.2 Å². The molecule has 2 amide bonds. The van der Waals surface area contributed by atoms with Crippen LogP contribution in [0.4, 0.5) is 9.59 Å². The number of aliphatic hydroxyl groups excluding tert-OH is 1. The average Bonchev–Trinajstić information content (AvgIpc) is 2.31. The first-order valence-corrected chi connectivity index (χ1v) is 7.68. The summed E-state index contributed by atoms with van der Waals surface area (Å²) in [7, 11) is 0. The molecular formula is C15H31N3O5. The molecule has 0 aliphatic heterocycles. The van der Waals surface area contributed by atoms with Crippen LogP contribution in [0.3, 0.4) is 0 Å². The molecule has 0 saturated carbocycles. The van der Waals surface area contributed by atoms with Crippen molar-refractivity contribution in [3.8, 4) is 0 Å². The minimum atomic E-state index is -0.914. The zero-order valence-corrected chi connectivity index (χ0v) is 14.9. The van der Waals surface area contributed by atoms with E-state index in [2.05, 4.69) is 10.6 Å². The number of ether oxygens (including phenoxy) is 2. The van der Waals surface area contributed by atoms with E-state index in [0.717, 1.165) is 0 Å². The maximum absolute atomic E-state index is 11.7. The number of aliphatic hydroxyl groups is 1. The number of rotatable bonds is 6. The summed E-state index contributed by atoms with van der Waals surface area (Å²) in [5, 5.41) is 15.1. The summed E-state index contributed by atoms with van der Waals surface area (Å²) in [6.07, 6.45) is -1.90. The number of alkyl carbamates (subject to hydrolysis) is 2. The van der Waals surface area contributed by atoms with Gasteiger partial charge in [0.1, 0.15) is 11.2 Å². The first kappa shape index (κ1) is 21.5. The molecule has 0 aromatic rings. The van der Waals surface area contributed by atoms with E-state index in [1.807, 2.05) is 0 Å². The van der Waals surface area contributed by atoms with E-state index in [1.54, 1.807) is 41.5 Å². The lowest BCUT2D eigenvalue weighted by molar-refractivity contribution is 0.0402. The number of carbonyl (C=O) groups is 2. The number of hydrogen-bond donors (Lipinski definition) is 4. The van der Waals surface area contributed by atoms with Gasteiger partial charge in [-0.25, -0.2) is 9.59 Å². The second-order valence-electron chi connectivity index (χ2n) is 7.27. The molecule has 23 heavy (non-hydrogen) atoms. The van der Waals surface area contributed by atoms with Crippen LogP contribution in [0.2, 0.25) is 0 Å². The molecule has 0 bridgehead atoms. The molecule has 0 aliphatic carbocycles. The van der Waals surface area contributed by atoms with Crippen molar-refractivity contribution in [1.82, 2.24) is 10.6 Å². The van der Waals surface area contributed by atoms with Gasteiger partial charge in [-0.1, -0.05) is 0 Å². The van der Waals surface area contributed by atoms with Crippen LogP contribution in [0.25, 0.3) is 0 Å². The van der Waals surface area contributed by atoms with Crippen molar-refractivity contribution in [3.63, 3.8) is 0 Å². The van der Waals surface area contributed by atoms with Gasteiger partial charge in [0.25, 0.3) is 0 Å². The van der Waals surface area contributed by atoms with Crippen molar-refractivity contribution in [3.05, 3.63) is 0 Å². The average molecular weight is 333 g/mol. The zero-order chi connectivity index (χ0) is 18.3. The monoisotopic (exact) mass is 333 g/mol. The molecule has 0 radical (unpaired) electrons. The summed E-state index contributed by atoms with van der Waals surface area (Å²) >= 11 is 0. The zero-order valence-electron chi connectivity index (χ0n) is 14.9. The SMILES string of the molecule is CC(C)(C)OC(=O)NCCC(O)C(CN)NC(=O)OC(C)(C)C. The Hall–Kier alpha value is -1.54. The fraction of sp³-hybridized carbons (Fsp3) is 0.867. The Kier molecular flexibility index (Phi) is 8.33. The highest BCUT2D eigenvalue weighted by atomic mass is 16.6. The summed E-state index contributed by atoms with van der Waals surface area (Å²) in [6, 6.07) is -0.662. The van der Waals surface area contributed by atoms with Crippen molar-refractivity contribution in [2.75, 3.05) is 13.1 Å². The minimum Gasteiger partial charge on any atom is -0.444 e. The highest BCUT2D eigenvalue weighted by Crippen LogP contribution is 2.08. The first-order valence-electron chi connectivity index (χ1n) is 7.68. The Labute approximate surface area is 138 Å². The van der Waals surface area contributed by atoms with Crippen LogP contribution in [-0.4, -0.2) is 53.7 Å². The molecule has 0 fully saturated rings. The van der Waals surface area contributed by atoms with E-state index in [0.29, 0.717) is 0 Å². The number of hydrogen-bond acceptors (Lipinski definition) is 6. The normalized spacial score (nSPS) is 14.6. The fourth-order valence-electron chi connectivity index (χ4n) is 1.61. The summed E-state index contributed by atoms with van der Waals surface area (Å²) < 4.78 is 10.2. The van der Waals surface area contributed by atoms with Crippen LogP contribution in [0.15, 0.2) is 0 Å². The van der Waals surface area contributed by atoms with E-state index in [9.17, 15) is 14.7 Å². The molecular weight excluding hydrogens is 302 g/mol. The van der Waals surface area contributed by atoms with Gasteiger partial charge in [-0.15, -0.1) is 0 Å². The van der Waals surface area contributed by atoms with Gasteiger partial charge in [0, 0.05) is 13.1 Å². The molecule has 0 aromatic carbocycles. The largest absolute Gasteiger partial charge is 0.444 e. The van der Waals surface area contributed by atoms with Crippen molar-refractivity contribution in [1.29, 1.82) is 0 Å². The van der Waals surface area contributed by atoms with Gasteiger partial charge in [0.05, 0.1) is 12.1 Å². The van der Waals surface area contributed by atoms with Crippen LogP contribution in [0.1, 0.15) is 48.0 Å². The van der Waals surface area contributed by atoms with Crippen molar-refractivity contribution >= 4 is 12.2 Å². The molecule has 2 unspecified atom stereocenters. The summed E-state index contributed by atoms with van der Waals surface area (Å²) in [6.45, 7) is 10.8. The van der Waals surface area contributed by atoms with Gasteiger partial charge in [-0.3, -0.25) is 0 Å². The minimum absolute atomic E-state index is 0.0485. The van der Waals surface area contributed by atoms with Gasteiger partial charge in [-0.2, -0.15) is 0 Å². The third-order valence-corrected chi connectivity index (χ3v) is 2.53. The smallest absolute Gasteiger partial charge is 0.408 e. The molecule has 0 saturated heterocycles. The Balaban J connectivity index is 4.22. The lowest BCUT2D eigenvalue weighted by Crippen LogP contribution is -2.50. The molecule has 8 heteroatoms. The van der Waals surface area contributed by atoms with Crippen molar-refractivity contribution in [2.45, 2.75) is 71.3 Å². The fourth-order valence-corrected chi connectivity index (χ4v) is 1.61. The van der Waals surface area contributed by atoms with Crippen LogP contribution >= 0.6 is 0 Å². The molecule has 0 rings (SSSR count). The highest BCUT2D eigenvalue weighted by Gasteiger charge is 2.24. The highest BCUT2D eigenvalue weighted by molar-refractivity contribution is 5.68. The Morgan fingerprint density at radius 2 is 1.52 bits per heavy atom. The predicted molar refractivity (Wildman–Crippen MR) is 87.1 cm³/mol. The molecule has 0 heterocycles. The van der Waals surface area contributed by atoms with Gasteiger partial charge in [-0.05, 0) is 48.0 Å². The third kappa shape index (κ3) is 11.7. The van der Waals surface area contributed by atoms with Crippen LogP contribution in [-0.2, 0) is 9.47 Å². The van der Waals surface area contributed by atoms with E-state index in [1.165, 1.54) is 0 Å². The standard InChI is InChI=1S/C15H31N3O5/c1-14(2,3)22-12(20)17-8-7-11(19)10(9-16)18-13(21)23-15(4,5)6/h10-11,19H,7-9,16H2,1-6H3,(H,17,20)(H,18,21). The summed E-state index contributed by atoms with van der Waals surface area (Å²) in [5.74, 6) is 0. The van der Waals surface area contributed by atoms with Crippen molar-refractivity contribution < 1.29 is 24.2 Å². The van der Waals surface area contributed by atoms with Crippen LogP contribution in [0.5, 0.6) is 0 Å². The molecule has 0 aliphatic rings. The Bertz CT molecular complexity index is 388. The van der Waals surface area contributed by atoms with Gasteiger partial charge < -0.3 is 30.9 Å². The van der Waals surface area contributed by atoms with E-state index in [4.69, 9.17) is 15.2 Å². The number of nitrogens with one attached hydrogen (secondary N) is 2. The van der Waals surface area contributed by atoms with Gasteiger partial charge in [0.15, 0.2) is 0 Å². The quantitative estimate of drug-likeness (QED) is 0.577. The molecule has 8 nitrogen and oxygen atoms in total. The van der Waals surface area contributed by atoms with E-state index < -0.39 is 35.5 Å². The van der Waals surface area contributed by atoms with Gasteiger partial charge in [0.2, 0.25) is 0 Å². The maximum atomic E-state index is 11.7.